The second kappa shape index (κ2) is 5.97. The van der Waals surface area contributed by atoms with Gasteiger partial charge in [-0.2, -0.15) is 0 Å². The van der Waals surface area contributed by atoms with Crippen LogP contribution in [0.5, 0.6) is 5.75 Å². The van der Waals surface area contributed by atoms with Crippen molar-refractivity contribution in [3.63, 3.8) is 0 Å². The Bertz CT molecular complexity index is 723. The molecule has 0 amide bonds. The fourth-order valence-corrected chi connectivity index (χ4v) is 1.82. The molecular formula is C15H8F4O3. The first-order valence-electron chi connectivity index (χ1n) is 5.95. The number of ketones is 1. The molecule has 0 fully saturated rings. The molecule has 22 heavy (non-hydrogen) atoms. The largest absolute Gasteiger partial charge is 0.573 e. The highest BCUT2D eigenvalue weighted by molar-refractivity contribution is 6.12. The van der Waals surface area contributed by atoms with Crippen molar-refractivity contribution in [2.75, 3.05) is 0 Å². The lowest BCUT2D eigenvalue weighted by Gasteiger charge is -2.10. The maximum atomic E-state index is 13.2. The third kappa shape index (κ3) is 3.69. The zero-order valence-corrected chi connectivity index (χ0v) is 10.9. The third-order valence-electron chi connectivity index (χ3n) is 2.72. The molecule has 0 aromatic heterocycles. The van der Waals surface area contributed by atoms with Crippen molar-refractivity contribution in [1.29, 1.82) is 0 Å². The highest BCUT2D eigenvalue weighted by atomic mass is 19.4. The minimum atomic E-state index is -4.89. The van der Waals surface area contributed by atoms with E-state index in [1.54, 1.807) is 0 Å². The van der Waals surface area contributed by atoms with Crippen molar-refractivity contribution < 1.29 is 31.9 Å². The van der Waals surface area contributed by atoms with E-state index < -0.39 is 23.7 Å². The zero-order valence-electron chi connectivity index (χ0n) is 10.9. The minimum absolute atomic E-state index is 0.0615. The summed E-state index contributed by atoms with van der Waals surface area (Å²) in [7, 11) is 0. The summed E-state index contributed by atoms with van der Waals surface area (Å²) < 4.78 is 53.4. The number of hydrogen-bond acceptors (Lipinski definition) is 3. The summed E-state index contributed by atoms with van der Waals surface area (Å²) in [6.45, 7) is 0. The lowest BCUT2D eigenvalue weighted by atomic mass is 9.98. The maximum absolute atomic E-state index is 13.2. The van der Waals surface area contributed by atoms with Crippen molar-refractivity contribution in [1.82, 2.24) is 0 Å². The van der Waals surface area contributed by atoms with Crippen molar-refractivity contribution in [3.8, 4) is 5.75 Å². The Morgan fingerprint density at radius 1 is 1.09 bits per heavy atom. The summed E-state index contributed by atoms with van der Waals surface area (Å²) in [4.78, 5) is 23.1. The molecule has 0 heterocycles. The molecule has 2 aromatic rings. The van der Waals surface area contributed by atoms with Gasteiger partial charge < -0.3 is 4.74 Å². The van der Waals surface area contributed by atoms with Gasteiger partial charge in [-0.05, 0) is 30.3 Å². The summed E-state index contributed by atoms with van der Waals surface area (Å²) in [5, 5.41) is 0. The van der Waals surface area contributed by atoms with E-state index in [2.05, 4.69) is 4.74 Å². The number of alkyl halides is 3. The molecule has 0 saturated carbocycles. The molecule has 0 radical (unpaired) electrons. The molecular weight excluding hydrogens is 304 g/mol. The molecule has 0 unspecified atom stereocenters. The smallest absolute Gasteiger partial charge is 0.406 e. The Balaban J connectivity index is 2.40. The molecule has 3 nitrogen and oxygen atoms in total. The van der Waals surface area contributed by atoms with Crippen LogP contribution >= 0.6 is 0 Å². The number of rotatable bonds is 4. The molecule has 0 bridgehead atoms. The van der Waals surface area contributed by atoms with Crippen LogP contribution in [0.4, 0.5) is 17.6 Å². The molecule has 0 aliphatic heterocycles. The van der Waals surface area contributed by atoms with Crippen LogP contribution in [0.1, 0.15) is 26.3 Å². The second-order valence-electron chi connectivity index (χ2n) is 4.25. The van der Waals surface area contributed by atoms with Crippen LogP contribution in [0, 0.1) is 5.82 Å². The average molecular weight is 312 g/mol. The van der Waals surface area contributed by atoms with Crippen molar-refractivity contribution in [2.45, 2.75) is 6.36 Å². The third-order valence-corrected chi connectivity index (χ3v) is 2.72. The number of aldehydes is 1. The fourth-order valence-electron chi connectivity index (χ4n) is 1.82. The van der Waals surface area contributed by atoms with Crippen LogP contribution in [-0.2, 0) is 0 Å². The molecule has 0 N–H and O–H groups in total. The Labute approximate surface area is 122 Å². The monoisotopic (exact) mass is 312 g/mol. The van der Waals surface area contributed by atoms with E-state index in [1.165, 1.54) is 12.1 Å². The highest BCUT2D eigenvalue weighted by Crippen LogP contribution is 2.24. The zero-order chi connectivity index (χ0) is 16.3. The van der Waals surface area contributed by atoms with Gasteiger partial charge in [0.2, 0.25) is 0 Å². The number of carbonyl (C=O) groups excluding carboxylic acids is 2. The van der Waals surface area contributed by atoms with Gasteiger partial charge in [-0.3, -0.25) is 9.59 Å². The van der Waals surface area contributed by atoms with Crippen LogP contribution in [-0.4, -0.2) is 18.4 Å². The van der Waals surface area contributed by atoms with Gasteiger partial charge in [-0.1, -0.05) is 12.1 Å². The van der Waals surface area contributed by atoms with Crippen LogP contribution in [0.15, 0.2) is 42.5 Å². The lowest BCUT2D eigenvalue weighted by Crippen LogP contribution is -2.17. The number of halogens is 4. The SMILES string of the molecule is O=Cc1ccc(F)cc1C(=O)c1cccc(OC(F)(F)F)c1. The van der Waals surface area contributed by atoms with E-state index in [-0.39, 0.29) is 16.7 Å². The van der Waals surface area contributed by atoms with E-state index in [9.17, 15) is 27.2 Å². The van der Waals surface area contributed by atoms with E-state index in [4.69, 9.17) is 0 Å². The van der Waals surface area contributed by atoms with E-state index >= 15 is 0 Å². The first kappa shape index (κ1) is 15.7. The van der Waals surface area contributed by atoms with E-state index in [1.807, 2.05) is 0 Å². The van der Waals surface area contributed by atoms with Crippen LogP contribution in [0.2, 0.25) is 0 Å². The molecule has 0 aliphatic carbocycles. The normalized spacial score (nSPS) is 11.1. The van der Waals surface area contributed by atoms with Gasteiger partial charge in [-0.15, -0.1) is 13.2 Å². The molecule has 0 atom stereocenters. The molecule has 0 spiro atoms. The van der Waals surface area contributed by atoms with E-state index in [0.717, 1.165) is 30.3 Å². The summed E-state index contributed by atoms with van der Waals surface area (Å²) in [5.74, 6) is -2.10. The van der Waals surface area contributed by atoms with Crippen LogP contribution in [0.25, 0.3) is 0 Å². The van der Waals surface area contributed by atoms with Gasteiger partial charge in [0.05, 0.1) is 0 Å². The predicted molar refractivity (Wildman–Crippen MR) is 68.3 cm³/mol. The van der Waals surface area contributed by atoms with Gasteiger partial charge in [0.25, 0.3) is 0 Å². The molecule has 0 saturated heterocycles. The highest BCUT2D eigenvalue weighted by Gasteiger charge is 2.31. The minimum Gasteiger partial charge on any atom is -0.406 e. The van der Waals surface area contributed by atoms with Crippen LogP contribution in [0.3, 0.4) is 0 Å². The van der Waals surface area contributed by atoms with Gasteiger partial charge >= 0.3 is 6.36 Å². The molecule has 0 aliphatic rings. The van der Waals surface area contributed by atoms with Gasteiger partial charge in [0.1, 0.15) is 11.6 Å². The first-order chi connectivity index (χ1) is 10.3. The Hall–Kier alpha value is -2.70. The van der Waals surface area contributed by atoms with Crippen molar-refractivity contribution >= 4 is 12.1 Å². The topological polar surface area (TPSA) is 43.4 Å². The maximum Gasteiger partial charge on any atom is 0.573 e. The predicted octanol–water partition coefficient (Wildman–Crippen LogP) is 3.77. The summed E-state index contributed by atoms with van der Waals surface area (Å²) in [5.41, 5.74) is -0.455. The van der Waals surface area contributed by atoms with E-state index in [0.29, 0.717) is 6.29 Å². The molecule has 2 aromatic carbocycles. The Morgan fingerprint density at radius 3 is 2.45 bits per heavy atom. The molecule has 114 valence electrons. The standard InChI is InChI=1S/C15H8F4O3/c16-11-5-4-10(8-20)13(7-11)14(21)9-2-1-3-12(6-9)22-15(17,18)19/h1-8H. The lowest BCUT2D eigenvalue weighted by molar-refractivity contribution is -0.274. The Kier molecular flexibility index (Phi) is 4.25. The van der Waals surface area contributed by atoms with Crippen LogP contribution < -0.4 is 4.74 Å². The molecule has 7 heteroatoms. The first-order valence-corrected chi connectivity index (χ1v) is 5.95. The second-order valence-corrected chi connectivity index (χ2v) is 4.25. The molecule has 2 rings (SSSR count). The number of ether oxygens (including phenoxy) is 1. The van der Waals surface area contributed by atoms with Crippen molar-refractivity contribution in [2.24, 2.45) is 0 Å². The summed E-state index contributed by atoms with van der Waals surface area (Å²) >= 11 is 0. The average Bonchev–Trinajstić information content (AvgIpc) is 2.45. The van der Waals surface area contributed by atoms with Gasteiger partial charge in [0.15, 0.2) is 12.1 Å². The van der Waals surface area contributed by atoms with Crippen molar-refractivity contribution in [3.05, 3.63) is 65.0 Å². The number of benzene rings is 2. The number of hydrogen-bond donors (Lipinski definition) is 0. The summed E-state index contributed by atoms with van der Waals surface area (Å²) in [6, 6.07) is 7.30. The number of carbonyl (C=O) groups is 2. The van der Waals surface area contributed by atoms with Gasteiger partial charge in [0, 0.05) is 16.7 Å². The van der Waals surface area contributed by atoms with Gasteiger partial charge in [-0.25, -0.2) is 4.39 Å². The fraction of sp³-hybridized carbons (Fsp3) is 0.0667. The quantitative estimate of drug-likeness (QED) is 0.490. The Morgan fingerprint density at radius 2 is 1.82 bits per heavy atom. The summed E-state index contributed by atoms with van der Waals surface area (Å²) in [6.07, 6.45) is -4.53.